The van der Waals surface area contributed by atoms with Gasteiger partial charge in [0.1, 0.15) is 11.9 Å². The Labute approximate surface area is 148 Å². The number of nitrogens with two attached hydrogens (primary N) is 1. The van der Waals surface area contributed by atoms with E-state index in [1.807, 2.05) is 30.3 Å². The van der Waals surface area contributed by atoms with E-state index in [1.165, 1.54) is 24.2 Å². The molecule has 132 valence electrons. The van der Waals surface area contributed by atoms with Gasteiger partial charge in [0.05, 0.1) is 5.69 Å². The number of hydrogen-bond acceptors (Lipinski definition) is 3. The summed E-state index contributed by atoms with van der Waals surface area (Å²) in [5, 5.41) is 0. The van der Waals surface area contributed by atoms with Crippen molar-refractivity contribution < 1.29 is 4.79 Å². The average Bonchev–Trinajstić information content (AvgIpc) is 3.19. The zero-order valence-electron chi connectivity index (χ0n) is 14.8. The summed E-state index contributed by atoms with van der Waals surface area (Å²) in [5.41, 5.74) is 9.45. The van der Waals surface area contributed by atoms with Crippen molar-refractivity contribution in [3.05, 3.63) is 53.1 Å². The van der Waals surface area contributed by atoms with E-state index in [9.17, 15) is 4.79 Å². The second-order valence-corrected chi connectivity index (χ2v) is 7.28. The first-order valence-electron chi connectivity index (χ1n) is 9.30. The summed E-state index contributed by atoms with van der Waals surface area (Å²) in [4.78, 5) is 19.2. The summed E-state index contributed by atoms with van der Waals surface area (Å²) in [6, 6.07) is 9.94. The molecule has 4 rings (SSSR count). The van der Waals surface area contributed by atoms with Gasteiger partial charge >= 0.3 is 0 Å². The molecule has 2 atom stereocenters. The molecule has 1 saturated heterocycles. The summed E-state index contributed by atoms with van der Waals surface area (Å²) < 4.78 is 2.44. The molecule has 0 bridgehead atoms. The summed E-state index contributed by atoms with van der Waals surface area (Å²) in [6.45, 7) is 3.86. The van der Waals surface area contributed by atoms with Crippen molar-refractivity contribution in [1.82, 2.24) is 14.5 Å². The number of aryl methyl sites for hydroxylation is 2. The molecule has 0 saturated carbocycles. The molecule has 1 fully saturated rings. The van der Waals surface area contributed by atoms with Crippen molar-refractivity contribution in [2.75, 3.05) is 13.1 Å². The minimum absolute atomic E-state index is 0.267. The van der Waals surface area contributed by atoms with E-state index in [0.717, 1.165) is 43.7 Å². The maximum Gasteiger partial charge on any atom is 0.239 e. The monoisotopic (exact) mass is 338 g/mol. The molecule has 5 nitrogen and oxygen atoms in total. The molecule has 1 amide bonds. The van der Waals surface area contributed by atoms with Gasteiger partial charge in [-0.15, -0.1) is 0 Å². The third-order valence-electron chi connectivity index (χ3n) is 5.66. The van der Waals surface area contributed by atoms with Crippen molar-refractivity contribution in [3.8, 4) is 0 Å². The summed E-state index contributed by atoms with van der Waals surface area (Å²) >= 11 is 0. The Balaban J connectivity index is 1.59. The van der Waals surface area contributed by atoms with Gasteiger partial charge in [-0.05, 0) is 44.6 Å². The third kappa shape index (κ3) is 2.97. The van der Waals surface area contributed by atoms with Gasteiger partial charge in [-0.25, -0.2) is 4.98 Å². The highest BCUT2D eigenvalue weighted by molar-refractivity contribution is 5.81. The van der Waals surface area contributed by atoms with Gasteiger partial charge in [0.25, 0.3) is 0 Å². The molecule has 2 unspecified atom stereocenters. The summed E-state index contributed by atoms with van der Waals surface area (Å²) in [5.74, 6) is 0.852. The lowest BCUT2D eigenvalue weighted by molar-refractivity contribution is -0.123. The fraction of sp³-hybridized carbons (Fsp3) is 0.500. The Hall–Kier alpha value is -2.14. The van der Waals surface area contributed by atoms with Crippen LogP contribution < -0.4 is 5.73 Å². The first-order chi connectivity index (χ1) is 12.1. The van der Waals surface area contributed by atoms with E-state index in [4.69, 9.17) is 10.7 Å². The number of hydrogen-bond donors (Lipinski definition) is 1. The van der Waals surface area contributed by atoms with E-state index in [-0.39, 0.29) is 11.9 Å². The van der Waals surface area contributed by atoms with Crippen LogP contribution in [-0.4, -0.2) is 33.4 Å². The van der Waals surface area contributed by atoms with Crippen LogP contribution in [0.15, 0.2) is 30.3 Å². The molecule has 2 aliphatic rings. The van der Waals surface area contributed by atoms with Gasteiger partial charge < -0.3 is 10.3 Å². The first-order valence-corrected chi connectivity index (χ1v) is 9.30. The molecule has 0 spiro atoms. The zero-order valence-corrected chi connectivity index (χ0v) is 14.8. The number of imidazole rings is 1. The lowest BCUT2D eigenvalue weighted by Gasteiger charge is -2.26. The van der Waals surface area contributed by atoms with Crippen LogP contribution in [0.4, 0.5) is 0 Å². The van der Waals surface area contributed by atoms with E-state index < -0.39 is 0 Å². The predicted molar refractivity (Wildman–Crippen MR) is 97.2 cm³/mol. The molecular formula is C20H26N4O. The van der Waals surface area contributed by atoms with Gasteiger partial charge in [0.15, 0.2) is 0 Å². The smallest absolute Gasteiger partial charge is 0.239 e. The Morgan fingerprint density at radius 1 is 1.24 bits per heavy atom. The van der Waals surface area contributed by atoms with Crippen LogP contribution in [0.3, 0.4) is 0 Å². The minimum Gasteiger partial charge on any atom is -0.368 e. The molecular weight excluding hydrogens is 312 g/mol. The Morgan fingerprint density at radius 3 is 2.76 bits per heavy atom. The molecule has 1 aromatic heterocycles. The standard InChI is InChI=1S/C20H26N4O/c1-14-22-17-9-5-6-10-18(17)24(14)16-11-12-23(13-16)19(20(21)25)15-7-3-2-4-8-15/h2-4,7-8,16,19H,5-6,9-13H2,1H3,(H2,21,25). The van der Waals surface area contributed by atoms with Crippen LogP contribution in [0.5, 0.6) is 0 Å². The topological polar surface area (TPSA) is 64.2 Å². The summed E-state index contributed by atoms with van der Waals surface area (Å²) in [6.07, 6.45) is 5.78. The molecule has 2 aromatic rings. The molecule has 2 N–H and O–H groups in total. The van der Waals surface area contributed by atoms with Crippen molar-refractivity contribution in [3.63, 3.8) is 0 Å². The summed E-state index contributed by atoms with van der Waals surface area (Å²) in [7, 11) is 0. The van der Waals surface area contributed by atoms with Gasteiger partial charge in [-0.3, -0.25) is 9.69 Å². The van der Waals surface area contributed by atoms with Crippen LogP contribution in [-0.2, 0) is 17.6 Å². The molecule has 25 heavy (non-hydrogen) atoms. The van der Waals surface area contributed by atoms with Crippen LogP contribution in [0.2, 0.25) is 0 Å². The van der Waals surface area contributed by atoms with Crippen molar-refractivity contribution in [2.45, 2.75) is 51.1 Å². The predicted octanol–water partition coefficient (Wildman–Crippen LogP) is 2.54. The second-order valence-electron chi connectivity index (χ2n) is 7.28. The third-order valence-corrected chi connectivity index (χ3v) is 5.66. The average molecular weight is 338 g/mol. The van der Waals surface area contributed by atoms with E-state index >= 15 is 0 Å². The largest absolute Gasteiger partial charge is 0.368 e. The highest BCUT2D eigenvalue weighted by Gasteiger charge is 2.35. The number of nitrogens with zero attached hydrogens (tertiary/aromatic N) is 3. The number of primary amides is 1. The van der Waals surface area contributed by atoms with Gasteiger partial charge in [0.2, 0.25) is 5.91 Å². The van der Waals surface area contributed by atoms with Crippen LogP contribution in [0.25, 0.3) is 0 Å². The van der Waals surface area contributed by atoms with Crippen molar-refractivity contribution >= 4 is 5.91 Å². The Morgan fingerprint density at radius 2 is 2.00 bits per heavy atom. The number of carbonyl (C=O) groups excluding carboxylic acids is 1. The molecule has 0 radical (unpaired) electrons. The maximum atomic E-state index is 12.1. The lowest BCUT2D eigenvalue weighted by atomic mass is 10.0. The van der Waals surface area contributed by atoms with Crippen LogP contribution in [0, 0.1) is 6.92 Å². The highest BCUT2D eigenvalue weighted by Crippen LogP contribution is 2.34. The molecule has 5 heteroatoms. The lowest BCUT2D eigenvalue weighted by Crippen LogP contribution is -2.36. The maximum absolute atomic E-state index is 12.1. The fourth-order valence-corrected chi connectivity index (χ4v) is 4.59. The van der Waals surface area contributed by atoms with E-state index in [1.54, 1.807) is 0 Å². The number of rotatable bonds is 4. The van der Waals surface area contributed by atoms with Gasteiger partial charge in [0, 0.05) is 24.8 Å². The van der Waals surface area contributed by atoms with E-state index in [0.29, 0.717) is 6.04 Å². The first kappa shape index (κ1) is 16.3. The van der Waals surface area contributed by atoms with Crippen molar-refractivity contribution in [1.29, 1.82) is 0 Å². The molecule has 2 heterocycles. The number of likely N-dealkylation sites (tertiary alicyclic amines) is 1. The van der Waals surface area contributed by atoms with Crippen LogP contribution in [0.1, 0.15) is 54.1 Å². The Bertz CT molecular complexity index is 768. The number of carbonyl (C=O) groups is 1. The van der Waals surface area contributed by atoms with Gasteiger partial charge in [-0.2, -0.15) is 0 Å². The zero-order chi connectivity index (χ0) is 17.4. The number of amides is 1. The molecule has 1 aliphatic heterocycles. The highest BCUT2D eigenvalue weighted by atomic mass is 16.1. The van der Waals surface area contributed by atoms with Gasteiger partial charge in [-0.1, -0.05) is 30.3 Å². The van der Waals surface area contributed by atoms with Crippen molar-refractivity contribution in [2.24, 2.45) is 5.73 Å². The van der Waals surface area contributed by atoms with E-state index in [2.05, 4.69) is 16.4 Å². The van der Waals surface area contributed by atoms with Crippen LogP contribution >= 0.6 is 0 Å². The second kappa shape index (κ2) is 6.64. The number of benzene rings is 1. The normalized spacial score (nSPS) is 21.9. The SMILES string of the molecule is Cc1nc2c(n1C1CCN(C(C(N)=O)c3ccccc3)C1)CCCC2. The number of fused-ring (bicyclic) bond motifs is 1. The minimum atomic E-state index is -0.342. The number of aromatic nitrogens is 2. The Kier molecular flexibility index (Phi) is 4.34. The fourth-order valence-electron chi connectivity index (χ4n) is 4.59. The quantitative estimate of drug-likeness (QED) is 0.932. The molecule has 1 aromatic carbocycles. The molecule has 1 aliphatic carbocycles.